The van der Waals surface area contributed by atoms with E-state index >= 15 is 0 Å². The molecule has 1 aliphatic rings. The summed E-state index contributed by atoms with van der Waals surface area (Å²) in [7, 11) is 2.10. The zero-order valence-electron chi connectivity index (χ0n) is 18.4. The van der Waals surface area contributed by atoms with E-state index < -0.39 is 0 Å². The van der Waals surface area contributed by atoms with Gasteiger partial charge in [-0.2, -0.15) is 5.26 Å². The minimum absolute atomic E-state index is 0.717. The molecule has 2 aromatic carbocycles. The van der Waals surface area contributed by atoms with Crippen LogP contribution in [0.2, 0.25) is 0 Å². The molecule has 4 rings (SSSR count). The van der Waals surface area contributed by atoms with Crippen LogP contribution >= 0.6 is 0 Å². The quantitative estimate of drug-likeness (QED) is 0.523. The third kappa shape index (κ3) is 3.44. The van der Waals surface area contributed by atoms with Crippen molar-refractivity contribution in [1.82, 2.24) is 9.47 Å². The van der Waals surface area contributed by atoms with Gasteiger partial charge in [0, 0.05) is 54.4 Å². The minimum Gasteiger partial charge on any atom is -0.367 e. The summed E-state index contributed by atoms with van der Waals surface area (Å²) in [6.45, 7) is 12.9. The Morgan fingerprint density at radius 1 is 1.10 bits per heavy atom. The molecular formula is C27H29N3. The number of hydrogen-bond donors (Lipinski definition) is 0. The number of nitriles is 1. The Labute approximate surface area is 179 Å². The van der Waals surface area contributed by atoms with E-state index in [0.717, 1.165) is 42.7 Å². The Kier molecular flexibility index (Phi) is 5.26. The normalized spacial score (nSPS) is 13.6. The van der Waals surface area contributed by atoms with Crippen molar-refractivity contribution in [3.63, 3.8) is 0 Å². The highest BCUT2D eigenvalue weighted by molar-refractivity contribution is 5.86. The Hall–Kier alpha value is -3.25. The SMILES string of the molecule is C=C(c1ccc(C)c(Cc2cc3c(C)cc(C#N)cc3n2C)c1C)N1CC=CCC1. The van der Waals surface area contributed by atoms with Crippen LogP contribution < -0.4 is 0 Å². The molecule has 0 saturated heterocycles. The van der Waals surface area contributed by atoms with Gasteiger partial charge in [-0.15, -0.1) is 0 Å². The van der Waals surface area contributed by atoms with Gasteiger partial charge < -0.3 is 9.47 Å². The van der Waals surface area contributed by atoms with E-state index in [4.69, 9.17) is 0 Å². The number of benzene rings is 2. The molecule has 0 fully saturated rings. The lowest BCUT2D eigenvalue weighted by Gasteiger charge is -2.29. The summed E-state index contributed by atoms with van der Waals surface area (Å²) < 4.78 is 2.24. The van der Waals surface area contributed by atoms with Crippen molar-refractivity contribution in [1.29, 1.82) is 5.26 Å². The van der Waals surface area contributed by atoms with E-state index in [2.05, 4.69) is 80.3 Å². The molecule has 3 aromatic rings. The molecule has 0 bridgehead atoms. The largest absolute Gasteiger partial charge is 0.367 e. The van der Waals surface area contributed by atoms with E-state index in [1.165, 1.54) is 33.3 Å². The average Bonchev–Trinajstić information content (AvgIpc) is 3.07. The van der Waals surface area contributed by atoms with Crippen molar-refractivity contribution in [2.45, 2.75) is 33.6 Å². The minimum atomic E-state index is 0.717. The van der Waals surface area contributed by atoms with Crippen LogP contribution in [0.3, 0.4) is 0 Å². The van der Waals surface area contributed by atoms with Gasteiger partial charge in [-0.05, 0) is 67.6 Å². The highest BCUT2D eigenvalue weighted by atomic mass is 15.1. The van der Waals surface area contributed by atoms with Crippen molar-refractivity contribution in [2.24, 2.45) is 7.05 Å². The van der Waals surface area contributed by atoms with Gasteiger partial charge in [-0.1, -0.05) is 30.9 Å². The lowest BCUT2D eigenvalue weighted by atomic mass is 9.92. The fourth-order valence-electron chi connectivity index (χ4n) is 4.61. The molecule has 0 unspecified atom stereocenters. The molecule has 30 heavy (non-hydrogen) atoms. The number of nitrogens with zero attached hydrogens (tertiary/aromatic N) is 3. The van der Waals surface area contributed by atoms with Gasteiger partial charge in [0.15, 0.2) is 0 Å². The number of fused-ring (bicyclic) bond motifs is 1. The summed E-state index contributed by atoms with van der Waals surface area (Å²) in [6, 6.07) is 13.0. The Morgan fingerprint density at radius 2 is 1.90 bits per heavy atom. The fraction of sp³-hybridized carbons (Fsp3) is 0.296. The smallest absolute Gasteiger partial charge is 0.0992 e. The number of aromatic nitrogens is 1. The molecule has 0 N–H and O–H groups in total. The molecule has 3 nitrogen and oxygen atoms in total. The van der Waals surface area contributed by atoms with Gasteiger partial charge in [-0.3, -0.25) is 0 Å². The van der Waals surface area contributed by atoms with Crippen LogP contribution in [-0.4, -0.2) is 22.6 Å². The molecular weight excluding hydrogens is 366 g/mol. The third-order valence-electron chi connectivity index (χ3n) is 6.54. The number of rotatable bonds is 4. The average molecular weight is 396 g/mol. The first kappa shape index (κ1) is 20.0. The molecule has 0 saturated carbocycles. The molecule has 152 valence electrons. The summed E-state index contributed by atoms with van der Waals surface area (Å²) in [5.74, 6) is 0. The van der Waals surface area contributed by atoms with Crippen molar-refractivity contribution in [3.05, 3.63) is 88.1 Å². The molecule has 0 amide bonds. The first-order valence-electron chi connectivity index (χ1n) is 10.6. The van der Waals surface area contributed by atoms with Crippen molar-refractivity contribution < 1.29 is 0 Å². The van der Waals surface area contributed by atoms with Crippen molar-refractivity contribution >= 4 is 16.6 Å². The van der Waals surface area contributed by atoms with Gasteiger partial charge >= 0.3 is 0 Å². The highest BCUT2D eigenvalue weighted by Gasteiger charge is 2.17. The molecule has 0 spiro atoms. The fourth-order valence-corrected chi connectivity index (χ4v) is 4.61. The first-order chi connectivity index (χ1) is 14.4. The van der Waals surface area contributed by atoms with Gasteiger partial charge in [0.25, 0.3) is 0 Å². The Morgan fingerprint density at radius 3 is 2.60 bits per heavy atom. The van der Waals surface area contributed by atoms with Gasteiger partial charge in [0.2, 0.25) is 0 Å². The molecule has 1 aromatic heterocycles. The van der Waals surface area contributed by atoms with Crippen LogP contribution in [0.15, 0.2) is 49.1 Å². The predicted molar refractivity (Wildman–Crippen MR) is 125 cm³/mol. The summed E-state index contributed by atoms with van der Waals surface area (Å²) in [6.07, 6.45) is 6.42. The summed E-state index contributed by atoms with van der Waals surface area (Å²) in [5, 5.41) is 10.6. The zero-order valence-corrected chi connectivity index (χ0v) is 18.4. The Balaban J connectivity index is 1.74. The standard InChI is InChI=1S/C27H29N3/c1-18-9-10-24(21(4)30-11-7-6-8-12-30)20(3)25(18)15-23-16-26-19(2)13-22(17-28)14-27(26)29(23)5/h6-7,9-10,13-14,16H,4,8,11-12,15H2,1-3,5H3. The number of aryl methyl sites for hydroxylation is 3. The molecule has 2 heterocycles. The van der Waals surface area contributed by atoms with Crippen molar-refractivity contribution in [2.75, 3.05) is 13.1 Å². The summed E-state index contributed by atoms with van der Waals surface area (Å²) in [5.41, 5.74) is 10.6. The molecule has 0 aliphatic carbocycles. The first-order valence-corrected chi connectivity index (χ1v) is 10.6. The molecule has 0 radical (unpaired) electrons. The predicted octanol–water partition coefficient (Wildman–Crippen LogP) is 5.80. The Bertz CT molecular complexity index is 1220. The van der Waals surface area contributed by atoms with Gasteiger partial charge in [0.05, 0.1) is 11.6 Å². The lowest BCUT2D eigenvalue weighted by molar-refractivity contribution is 0.432. The van der Waals surface area contributed by atoms with Crippen LogP contribution in [0.25, 0.3) is 16.6 Å². The van der Waals surface area contributed by atoms with E-state index in [1.54, 1.807) is 0 Å². The van der Waals surface area contributed by atoms with E-state index in [1.807, 2.05) is 12.1 Å². The maximum absolute atomic E-state index is 9.34. The third-order valence-corrected chi connectivity index (χ3v) is 6.54. The lowest BCUT2D eigenvalue weighted by Crippen LogP contribution is -2.25. The summed E-state index contributed by atoms with van der Waals surface area (Å²) in [4.78, 5) is 2.37. The van der Waals surface area contributed by atoms with Gasteiger partial charge in [0.1, 0.15) is 0 Å². The topological polar surface area (TPSA) is 32.0 Å². The van der Waals surface area contributed by atoms with Crippen LogP contribution in [-0.2, 0) is 13.5 Å². The van der Waals surface area contributed by atoms with Crippen LogP contribution in [0.4, 0.5) is 0 Å². The van der Waals surface area contributed by atoms with E-state index in [-0.39, 0.29) is 0 Å². The van der Waals surface area contributed by atoms with E-state index in [9.17, 15) is 5.26 Å². The number of hydrogen-bond acceptors (Lipinski definition) is 2. The van der Waals surface area contributed by atoms with E-state index in [0.29, 0.717) is 5.56 Å². The van der Waals surface area contributed by atoms with Gasteiger partial charge in [-0.25, -0.2) is 0 Å². The monoisotopic (exact) mass is 395 g/mol. The zero-order chi connectivity index (χ0) is 21.4. The van der Waals surface area contributed by atoms with Crippen LogP contribution in [0, 0.1) is 32.1 Å². The second-order valence-corrected chi connectivity index (χ2v) is 8.40. The highest BCUT2D eigenvalue weighted by Crippen LogP contribution is 2.31. The second-order valence-electron chi connectivity index (χ2n) is 8.40. The maximum Gasteiger partial charge on any atom is 0.0992 e. The summed E-state index contributed by atoms with van der Waals surface area (Å²) >= 11 is 0. The van der Waals surface area contributed by atoms with Crippen molar-refractivity contribution in [3.8, 4) is 6.07 Å². The maximum atomic E-state index is 9.34. The molecule has 0 atom stereocenters. The van der Waals surface area contributed by atoms with Crippen LogP contribution in [0.1, 0.15) is 45.5 Å². The molecule has 3 heteroatoms. The molecule has 1 aliphatic heterocycles. The van der Waals surface area contributed by atoms with Crippen LogP contribution in [0.5, 0.6) is 0 Å². The second kappa shape index (κ2) is 7.88.